The zero-order valence-corrected chi connectivity index (χ0v) is 11.0. The van der Waals surface area contributed by atoms with Gasteiger partial charge in [0.05, 0.1) is 8.66 Å². The molecule has 0 saturated heterocycles. The highest BCUT2D eigenvalue weighted by Gasteiger charge is 2.13. The summed E-state index contributed by atoms with van der Waals surface area (Å²) in [4.78, 5) is 12.0. The van der Waals surface area contributed by atoms with Crippen molar-refractivity contribution in [3.8, 4) is 0 Å². The number of thiophene rings is 1. The maximum Gasteiger partial charge on any atom is 0.265 e. The summed E-state index contributed by atoms with van der Waals surface area (Å²) in [7, 11) is 0. The number of halogens is 4. The fraction of sp³-hybridized carbons (Fsp3) is 0. The van der Waals surface area contributed by atoms with Crippen molar-refractivity contribution < 1.29 is 18.0 Å². The van der Waals surface area contributed by atoms with E-state index in [-0.39, 0.29) is 5.69 Å². The number of benzene rings is 1. The van der Waals surface area contributed by atoms with Gasteiger partial charge in [-0.15, -0.1) is 11.3 Å². The molecule has 2 nitrogen and oxygen atoms in total. The van der Waals surface area contributed by atoms with E-state index in [0.29, 0.717) is 4.88 Å². The zero-order valence-electron chi connectivity index (χ0n) is 8.64. The van der Waals surface area contributed by atoms with Crippen LogP contribution in [0.5, 0.6) is 0 Å². The van der Waals surface area contributed by atoms with Gasteiger partial charge >= 0.3 is 0 Å². The molecule has 0 spiro atoms. The number of hydrogen-bond donors (Lipinski definition) is 1. The first-order valence-corrected chi connectivity index (χ1v) is 6.29. The fourth-order valence-corrected chi connectivity index (χ4v) is 2.54. The first-order chi connectivity index (χ1) is 8.47. The molecular formula is C11H5BrF3NOS. The van der Waals surface area contributed by atoms with E-state index in [9.17, 15) is 18.0 Å². The summed E-state index contributed by atoms with van der Waals surface area (Å²) in [5, 5.41) is 2.28. The van der Waals surface area contributed by atoms with E-state index in [1.807, 2.05) is 0 Å². The van der Waals surface area contributed by atoms with Gasteiger partial charge in [-0.1, -0.05) is 0 Å². The van der Waals surface area contributed by atoms with Crippen molar-refractivity contribution >= 4 is 38.9 Å². The molecular weight excluding hydrogens is 331 g/mol. The molecule has 1 aromatic carbocycles. The number of carbonyl (C=O) groups is 1. The third-order valence-electron chi connectivity index (χ3n) is 2.04. The molecule has 2 rings (SSSR count). The summed E-state index contributed by atoms with van der Waals surface area (Å²) in [5.74, 6) is -4.78. The largest absolute Gasteiger partial charge is 0.321 e. The number of hydrogen-bond acceptors (Lipinski definition) is 2. The number of rotatable bonds is 2. The average molecular weight is 336 g/mol. The summed E-state index contributed by atoms with van der Waals surface area (Å²) >= 11 is 4.36. The molecule has 1 aromatic heterocycles. The van der Waals surface area contributed by atoms with Crippen molar-refractivity contribution in [2.24, 2.45) is 0 Å². The standard InChI is InChI=1S/C11H5BrF3NOS/c12-9-2-1-8(18-9)11(17)16-5-3-6(13)10(15)7(14)4-5/h1-4H,(H,16,17). The normalized spacial score (nSPS) is 10.4. The quantitative estimate of drug-likeness (QED) is 0.819. The Bertz CT molecular complexity index is 591. The second-order valence-corrected chi connectivity index (χ2v) is 5.77. The maximum atomic E-state index is 12.9. The van der Waals surface area contributed by atoms with Gasteiger partial charge in [0.2, 0.25) is 0 Å². The predicted molar refractivity (Wildman–Crippen MR) is 66.3 cm³/mol. The van der Waals surface area contributed by atoms with E-state index in [1.165, 1.54) is 11.3 Å². The third-order valence-corrected chi connectivity index (χ3v) is 3.66. The SMILES string of the molecule is O=C(Nc1cc(F)c(F)c(F)c1)c1ccc(Br)s1. The fourth-order valence-electron chi connectivity index (χ4n) is 1.26. The molecule has 94 valence electrons. The Morgan fingerprint density at radius 2 is 1.78 bits per heavy atom. The number of amides is 1. The lowest BCUT2D eigenvalue weighted by molar-refractivity contribution is 0.103. The van der Waals surface area contributed by atoms with E-state index in [4.69, 9.17) is 0 Å². The molecule has 0 aliphatic carbocycles. The molecule has 0 saturated carbocycles. The Morgan fingerprint density at radius 1 is 1.17 bits per heavy atom. The Hall–Kier alpha value is -1.34. The van der Waals surface area contributed by atoms with Crippen molar-refractivity contribution in [1.29, 1.82) is 0 Å². The monoisotopic (exact) mass is 335 g/mol. The molecule has 1 amide bonds. The van der Waals surface area contributed by atoms with Gasteiger partial charge in [-0.3, -0.25) is 4.79 Å². The van der Waals surface area contributed by atoms with Crippen LogP contribution in [0.2, 0.25) is 0 Å². The van der Waals surface area contributed by atoms with Gasteiger partial charge in [0.15, 0.2) is 17.5 Å². The van der Waals surface area contributed by atoms with E-state index in [0.717, 1.165) is 15.9 Å². The minimum absolute atomic E-state index is 0.138. The van der Waals surface area contributed by atoms with E-state index < -0.39 is 23.4 Å². The topological polar surface area (TPSA) is 29.1 Å². The molecule has 1 heterocycles. The van der Waals surface area contributed by atoms with Crippen LogP contribution in [0.15, 0.2) is 28.1 Å². The van der Waals surface area contributed by atoms with Gasteiger partial charge in [-0.05, 0) is 28.1 Å². The van der Waals surface area contributed by atoms with Gasteiger partial charge < -0.3 is 5.32 Å². The number of carbonyl (C=O) groups excluding carboxylic acids is 1. The molecule has 0 atom stereocenters. The summed E-state index contributed by atoms with van der Waals surface area (Å²) in [5.41, 5.74) is -0.138. The molecule has 0 bridgehead atoms. The van der Waals surface area contributed by atoms with Gasteiger partial charge in [0, 0.05) is 17.8 Å². The van der Waals surface area contributed by atoms with Gasteiger partial charge in [-0.2, -0.15) is 0 Å². The van der Waals surface area contributed by atoms with Crippen LogP contribution in [-0.2, 0) is 0 Å². The predicted octanol–water partition coefficient (Wildman–Crippen LogP) is 4.18. The Labute approximate surface area is 113 Å². The molecule has 2 aromatic rings. The summed E-state index contributed by atoms with van der Waals surface area (Å²) < 4.78 is 39.3. The summed E-state index contributed by atoms with van der Waals surface area (Å²) in [6, 6.07) is 4.67. The molecule has 0 radical (unpaired) electrons. The minimum atomic E-state index is -1.56. The van der Waals surface area contributed by atoms with Crippen LogP contribution >= 0.6 is 27.3 Å². The third kappa shape index (κ3) is 2.73. The van der Waals surface area contributed by atoms with E-state index in [2.05, 4.69) is 21.2 Å². The molecule has 1 N–H and O–H groups in total. The van der Waals surface area contributed by atoms with E-state index >= 15 is 0 Å². The van der Waals surface area contributed by atoms with E-state index in [1.54, 1.807) is 12.1 Å². The van der Waals surface area contributed by atoms with Crippen LogP contribution in [0.3, 0.4) is 0 Å². The Kier molecular flexibility index (Phi) is 3.72. The Balaban J connectivity index is 2.22. The highest BCUT2D eigenvalue weighted by molar-refractivity contribution is 9.11. The molecule has 7 heteroatoms. The van der Waals surface area contributed by atoms with Crippen molar-refractivity contribution in [2.45, 2.75) is 0 Å². The lowest BCUT2D eigenvalue weighted by Crippen LogP contribution is -2.11. The number of anilines is 1. The summed E-state index contributed by atoms with van der Waals surface area (Å²) in [6.45, 7) is 0. The molecule has 0 fully saturated rings. The molecule has 0 aliphatic heterocycles. The van der Waals surface area contributed by atoms with Gasteiger partial charge in [0.25, 0.3) is 5.91 Å². The highest BCUT2D eigenvalue weighted by Crippen LogP contribution is 2.24. The Morgan fingerprint density at radius 3 is 2.28 bits per heavy atom. The van der Waals surface area contributed by atoms with Crippen molar-refractivity contribution in [1.82, 2.24) is 0 Å². The molecule has 18 heavy (non-hydrogen) atoms. The van der Waals surface area contributed by atoms with Gasteiger partial charge in [0.1, 0.15) is 0 Å². The molecule has 0 aliphatic rings. The lowest BCUT2D eigenvalue weighted by Gasteiger charge is -2.04. The van der Waals surface area contributed by atoms with Crippen LogP contribution in [-0.4, -0.2) is 5.91 Å². The van der Waals surface area contributed by atoms with Crippen LogP contribution in [0, 0.1) is 17.5 Å². The number of nitrogens with one attached hydrogen (secondary N) is 1. The summed E-state index contributed by atoms with van der Waals surface area (Å²) in [6.07, 6.45) is 0. The van der Waals surface area contributed by atoms with Crippen molar-refractivity contribution in [3.05, 3.63) is 50.4 Å². The van der Waals surface area contributed by atoms with Crippen molar-refractivity contribution in [3.63, 3.8) is 0 Å². The zero-order chi connectivity index (χ0) is 13.3. The minimum Gasteiger partial charge on any atom is -0.321 e. The molecule has 0 unspecified atom stereocenters. The second-order valence-electron chi connectivity index (χ2n) is 3.31. The highest BCUT2D eigenvalue weighted by atomic mass is 79.9. The average Bonchev–Trinajstić information content (AvgIpc) is 2.72. The van der Waals surface area contributed by atoms with Crippen molar-refractivity contribution in [2.75, 3.05) is 5.32 Å². The second kappa shape index (κ2) is 5.11. The lowest BCUT2D eigenvalue weighted by atomic mass is 10.2. The van der Waals surface area contributed by atoms with Crippen LogP contribution in [0.4, 0.5) is 18.9 Å². The van der Waals surface area contributed by atoms with Gasteiger partial charge in [-0.25, -0.2) is 13.2 Å². The van der Waals surface area contributed by atoms with Crippen LogP contribution in [0.25, 0.3) is 0 Å². The van der Waals surface area contributed by atoms with Crippen LogP contribution in [0.1, 0.15) is 9.67 Å². The smallest absolute Gasteiger partial charge is 0.265 e. The first-order valence-electron chi connectivity index (χ1n) is 4.68. The first kappa shape index (κ1) is 13.1. The van der Waals surface area contributed by atoms with Crippen LogP contribution < -0.4 is 5.32 Å². The maximum absolute atomic E-state index is 12.9.